The molecule has 7 heteroatoms. The SMILES string of the molecule is COc1cc(/C=C2\SC(Nc3ccccc3)N([C@H]3CCCC[C@H]3C)C2=O)cc(Br)c1OC. The Morgan fingerprint density at radius 1 is 1.12 bits per heavy atom. The molecule has 1 heterocycles. The van der Waals surface area contributed by atoms with Crippen LogP contribution in [0.5, 0.6) is 11.5 Å². The van der Waals surface area contributed by atoms with E-state index < -0.39 is 0 Å². The van der Waals surface area contributed by atoms with Gasteiger partial charge in [0.05, 0.1) is 23.6 Å². The molecule has 2 aliphatic rings. The number of nitrogens with one attached hydrogen (secondary N) is 1. The van der Waals surface area contributed by atoms with Crippen LogP contribution in [0.15, 0.2) is 51.8 Å². The number of hydrogen-bond acceptors (Lipinski definition) is 5. The molecule has 4 rings (SSSR count). The predicted octanol–water partition coefficient (Wildman–Crippen LogP) is 6.36. The lowest BCUT2D eigenvalue weighted by molar-refractivity contribution is -0.129. The lowest BCUT2D eigenvalue weighted by atomic mass is 9.85. The third kappa shape index (κ3) is 4.79. The van der Waals surface area contributed by atoms with Gasteiger partial charge in [-0.15, -0.1) is 0 Å². The zero-order valence-electron chi connectivity index (χ0n) is 18.6. The maximum Gasteiger partial charge on any atom is 0.262 e. The molecular formula is C25H29BrN2O3S. The molecule has 3 atom stereocenters. The van der Waals surface area contributed by atoms with Crippen LogP contribution in [0.3, 0.4) is 0 Å². The summed E-state index contributed by atoms with van der Waals surface area (Å²) in [6.45, 7) is 2.27. The van der Waals surface area contributed by atoms with Crippen molar-refractivity contribution >= 4 is 45.4 Å². The van der Waals surface area contributed by atoms with E-state index in [0.717, 1.165) is 27.0 Å². The Balaban J connectivity index is 1.67. The second-order valence-corrected chi connectivity index (χ2v) is 10.2. The summed E-state index contributed by atoms with van der Waals surface area (Å²) in [5.74, 6) is 1.85. The largest absolute Gasteiger partial charge is 0.493 e. The minimum atomic E-state index is -0.134. The number of amides is 1. The smallest absolute Gasteiger partial charge is 0.262 e. The first kappa shape index (κ1) is 23.1. The van der Waals surface area contributed by atoms with Gasteiger partial charge in [0.15, 0.2) is 17.0 Å². The van der Waals surface area contributed by atoms with Crippen molar-refractivity contribution in [3.05, 3.63) is 57.4 Å². The number of ether oxygens (including phenoxy) is 2. The number of anilines is 1. The summed E-state index contributed by atoms with van der Waals surface area (Å²) in [6.07, 6.45) is 6.58. The lowest BCUT2D eigenvalue weighted by Gasteiger charge is -2.39. The van der Waals surface area contributed by atoms with E-state index in [2.05, 4.69) is 33.1 Å². The van der Waals surface area contributed by atoms with E-state index in [1.54, 1.807) is 26.0 Å². The summed E-state index contributed by atoms with van der Waals surface area (Å²) in [7, 11) is 3.23. The average molecular weight is 517 g/mol. The van der Waals surface area contributed by atoms with E-state index in [-0.39, 0.29) is 17.4 Å². The van der Waals surface area contributed by atoms with Crippen molar-refractivity contribution in [3.63, 3.8) is 0 Å². The molecule has 32 heavy (non-hydrogen) atoms. The van der Waals surface area contributed by atoms with Crippen LogP contribution >= 0.6 is 27.7 Å². The fourth-order valence-corrected chi connectivity index (χ4v) is 6.37. The number of halogens is 1. The van der Waals surface area contributed by atoms with Crippen molar-refractivity contribution in [1.82, 2.24) is 4.90 Å². The molecular weight excluding hydrogens is 488 g/mol. The molecule has 0 radical (unpaired) electrons. The fraction of sp³-hybridized carbons (Fsp3) is 0.400. The summed E-state index contributed by atoms with van der Waals surface area (Å²) < 4.78 is 11.7. The molecule has 1 aliphatic heterocycles. The normalized spacial score (nSPS) is 24.6. The second kappa shape index (κ2) is 10.2. The highest BCUT2D eigenvalue weighted by molar-refractivity contribution is 9.10. The first-order chi connectivity index (χ1) is 15.5. The Morgan fingerprint density at radius 3 is 2.56 bits per heavy atom. The maximum atomic E-state index is 13.6. The number of methoxy groups -OCH3 is 2. The Labute approximate surface area is 202 Å². The first-order valence-corrected chi connectivity index (χ1v) is 12.6. The molecule has 1 unspecified atom stereocenters. The summed E-state index contributed by atoms with van der Waals surface area (Å²) in [6, 6.07) is 14.2. The lowest BCUT2D eigenvalue weighted by Crippen LogP contribution is -2.48. The topological polar surface area (TPSA) is 50.8 Å². The minimum absolute atomic E-state index is 0.0908. The zero-order chi connectivity index (χ0) is 22.7. The van der Waals surface area contributed by atoms with Crippen LogP contribution in [-0.4, -0.2) is 36.6 Å². The molecule has 0 aromatic heterocycles. The number of carbonyl (C=O) groups is 1. The van der Waals surface area contributed by atoms with Gasteiger partial charge in [-0.1, -0.05) is 49.7 Å². The molecule has 2 aromatic carbocycles. The molecule has 1 saturated heterocycles. The fourth-order valence-electron chi connectivity index (χ4n) is 4.54. The molecule has 170 valence electrons. The minimum Gasteiger partial charge on any atom is -0.493 e. The van der Waals surface area contributed by atoms with Gasteiger partial charge < -0.3 is 19.7 Å². The van der Waals surface area contributed by atoms with Crippen molar-refractivity contribution in [3.8, 4) is 11.5 Å². The number of carbonyl (C=O) groups excluding carboxylic acids is 1. The molecule has 1 aliphatic carbocycles. The van der Waals surface area contributed by atoms with E-state index >= 15 is 0 Å². The third-order valence-corrected chi connectivity index (χ3v) is 7.88. The van der Waals surface area contributed by atoms with E-state index in [4.69, 9.17) is 9.47 Å². The number of thioether (sulfide) groups is 1. The molecule has 1 saturated carbocycles. The van der Waals surface area contributed by atoms with Crippen molar-refractivity contribution in [2.45, 2.75) is 44.1 Å². The predicted molar refractivity (Wildman–Crippen MR) is 135 cm³/mol. The van der Waals surface area contributed by atoms with Gasteiger partial charge >= 0.3 is 0 Å². The number of para-hydroxylation sites is 1. The summed E-state index contributed by atoms with van der Waals surface area (Å²) in [4.78, 5) is 16.5. The quantitative estimate of drug-likeness (QED) is 0.452. The summed E-state index contributed by atoms with van der Waals surface area (Å²) >= 11 is 5.13. The van der Waals surface area contributed by atoms with Crippen molar-refractivity contribution in [2.75, 3.05) is 19.5 Å². The van der Waals surface area contributed by atoms with Gasteiger partial charge in [-0.05, 0) is 70.6 Å². The van der Waals surface area contributed by atoms with E-state index in [0.29, 0.717) is 17.4 Å². The van der Waals surface area contributed by atoms with Gasteiger partial charge in [0.25, 0.3) is 5.91 Å². The molecule has 0 spiro atoms. The highest BCUT2D eigenvalue weighted by atomic mass is 79.9. The van der Waals surface area contributed by atoms with E-state index in [1.165, 1.54) is 19.3 Å². The molecule has 1 N–H and O–H groups in total. The van der Waals surface area contributed by atoms with Gasteiger partial charge in [0.1, 0.15) is 0 Å². The third-order valence-electron chi connectivity index (χ3n) is 6.18. The zero-order valence-corrected chi connectivity index (χ0v) is 21.0. The van der Waals surface area contributed by atoms with Gasteiger partial charge in [0.2, 0.25) is 0 Å². The van der Waals surface area contributed by atoms with Crippen LogP contribution in [0.4, 0.5) is 5.69 Å². The maximum absolute atomic E-state index is 13.6. The highest BCUT2D eigenvalue weighted by Gasteiger charge is 2.42. The van der Waals surface area contributed by atoms with Gasteiger partial charge in [0, 0.05) is 11.7 Å². The van der Waals surface area contributed by atoms with Crippen LogP contribution in [-0.2, 0) is 4.79 Å². The highest BCUT2D eigenvalue weighted by Crippen LogP contribution is 2.43. The standard InChI is InChI=1S/C25H29BrN2O3S/c1-16-9-7-8-12-20(16)28-24(29)22(32-25(28)27-18-10-5-4-6-11-18)15-17-13-19(26)23(31-3)21(14-17)30-2/h4-6,10-11,13-16,20,25,27H,7-9,12H2,1-3H3/b22-15-/t16-,20+,25?/m1/s1. The summed E-state index contributed by atoms with van der Waals surface area (Å²) in [5.41, 5.74) is 1.77. The van der Waals surface area contributed by atoms with Crippen LogP contribution in [0.25, 0.3) is 6.08 Å². The Hall–Kier alpha value is -2.12. The van der Waals surface area contributed by atoms with Crippen molar-refractivity contribution in [1.29, 1.82) is 0 Å². The van der Waals surface area contributed by atoms with Crippen LogP contribution in [0, 0.1) is 5.92 Å². The van der Waals surface area contributed by atoms with Crippen LogP contribution < -0.4 is 14.8 Å². The van der Waals surface area contributed by atoms with Gasteiger partial charge in [-0.3, -0.25) is 4.79 Å². The van der Waals surface area contributed by atoms with Gasteiger partial charge in [-0.2, -0.15) is 0 Å². The second-order valence-electron chi connectivity index (χ2n) is 8.27. The molecule has 2 fully saturated rings. The number of rotatable bonds is 6. The van der Waals surface area contributed by atoms with Crippen molar-refractivity contribution < 1.29 is 14.3 Å². The van der Waals surface area contributed by atoms with Crippen LogP contribution in [0.2, 0.25) is 0 Å². The number of benzene rings is 2. The Bertz CT molecular complexity index is 998. The average Bonchev–Trinajstić information content (AvgIpc) is 3.08. The van der Waals surface area contributed by atoms with Gasteiger partial charge in [-0.25, -0.2) is 0 Å². The van der Waals surface area contributed by atoms with E-state index in [1.807, 2.05) is 48.5 Å². The Kier molecular flexibility index (Phi) is 7.36. The summed E-state index contributed by atoms with van der Waals surface area (Å²) in [5, 5.41) is 3.58. The molecule has 0 bridgehead atoms. The molecule has 5 nitrogen and oxygen atoms in total. The number of nitrogens with zero attached hydrogens (tertiary/aromatic N) is 1. The van der Waals surface area contributed by atoms with E-state index in [9.17, 15) is 4.79 Å². The Morgan fingerprint density at radius 2 is 1.88 bits per heavy atom. The van der Waals surface area contributed by atoms with Crippen molar-refractivity contribution in [2.24, 2.45) is 5.92 Å². The molecule has 1 amide bonds. The van der Waals surface area contributed by atoms with Crippen LogP contribution in [0.1, 0.15) is 38.2 Å². The first-order valence-electron chi connectivity index (χ1n) is 11.0. The molecule has 2 aromatic rings. The number of hydrogen-bond donors (Lipinski definition) is 1. The monoisotopic (exact) mass is 516 g/mol.